The maximum absolute atomic E-state index is 13.2. The Kier molecular flexibility index (Phi) is 5.09. The molecule has 0 radical (unpaired) electrons. The fourth-order valence-electron chi connectivity index (χ4n) is 3.05. The van der Waals surface area contributed by atoms with Crippen LogP contribution in [0.4, 0.5) is 0 Å². The molecule has 0 aliphatic carbocycles. The van der Waals surface area contributed by atoms with Gasteiger partial charge in [0.05, 0.1) is 10.3 Å². The molecule has 2 heterocycles. The van der Waals surface area contributed by atoms with E-state index in [1.165, 1.54) is 4.57 Å². The van der Waals surface area contributed by atoms with E-state index in [0.29, 0.717) is 32.9 Å². The van der Waals surface area contributed by atoms with E-state index in [2.05, 4.69) is 4.98 Å². The lowest BCUT2D eigenvalue weighted by molar-refractivity contribution is -0.137. The molecular formula is C19H19N3O4S. The first-order valence-electron chi connectivity index (χ1n) is 8.42. The number of rotatable bonds is 6. The second-order valence-corrected chi connectivity index (χ2v) is 7.36. The van der Waals surface area contributed by atoms with E-state index in [1.807, 2.05) is 31.2 Å². The molecule has 3 rings (SSSR count). The molecule has 3 N–H and O–H groups in total. The van der Waals surface area contributed by atoms with Gasteiger partial charge in [0.2, 0.25) is 0 Å². The number of amides is 1. The highest BCUT2D eigenvalue weighted by Gasteiger charge is 2.21. The van der Waals surface area contributed by atoms with E-state index < -0.39 is 11.9 Å². The summed E-state index contributed by atoms with van der Waals surface area (Å²) in [5.74, 6) is -1.06. The summed E-state index contributed by atoms with van der Waals surface area (Å²) in [5, 5.41) is 9.27. The molecule has 3 aromatic rings. The summed E-state index contributed by atoms with van der Waals surface area (Å²) in [6, 6.07) is 7.58. The molecule has 140 valence electrons. The van der Waals surface area contributed by atoms with E-state index in [1.54, 1.807) is 6.92 Å². The zero-order valence-electron chi connectivity index (χ0n) is 15.0. The van der Waals surface area contributed by atoms with Crippen LogP contribution in [-0.2, 0) is 11.3 Å². The molecule has 0 aliphatic heterocycles. The molecule has 0 saturated heterocycles. The van der Waals surface area contributed by atoms with Gasteiger partial charge in [-0.25, -0.2) is 4.98 Å². The molecule has 8 heteroatoms. The van der Waals surface area contributed by atoms with Crippen LogP contribution >= 0.6 is 11.3 Å². The Hall–Kier alpha value is -3.00. The molecule has 0 bridgehead atoms. The molecule has 27 heavy (non-hydrogen) atoms. The number of thiophene rings is 1. The summed E-state index contributed by atoms with van der Waals surface area (Å²) in [6.45, 7) is 3.84. The van der Waals surface area contributed by atoms with Crippen LogP contribution in [0.3, 0.4) is 0 Å². The van der Waals surface area contributed by atoms with Gasteiger partial charge in [0.15, 0.2) is 0 Å². The molecular weight excluding hydrogens is 366 g/mol. The van der Waals surface area contributed by atoms with Crippen LogP contribution in [0, 0.1) is 13.8 Å². The van der Waals surface area contributed by atoms with Crippen molar-refractivity contribution in [1.82, 2.24) is 9.55 Å². The summed E-state index contributed by atoms with van der Waals surface area (Å²) >= 11 is 1.10. The van der Waals surface area contributed by atoms with Gasteiger partial charge in [-0.15, -0.1) is 11.3 Å². The number of nitrogens with two attached hydrogens (primary N) is 1. The van der Waals surface area contributed by atoms with E-state index in [4.69, 9.17) is 10.8 Å². The molecule has 7 nitrogen and oxygen atoms in total. The van der Waals surface area contributed by atoms with Gasteiger partial charge >= 0.3 is 5.97 Å². The van der Waals surface area contributed by atoms with Crippen LogP contribution in [0.1, 0.15) is 33.6 Å². The maximum Gasteiger partial charge on any atom is 0.303 e. The zero-order chi connectivity index (χ0) is 19.7. The van der Waals surface area contributed by atoms with Gasteiger partial charge in [-0.05, 0) is 31.9 Å². The molecule has 1 amide bonds. The number of aryl methyl sites for hydroxylation is 2. The number of aliphatic carboxylic acids is 1. The van der Waals surface area contributed by atoms with Gasteiger partial charge < -0.3 is 10.8 Å². The van der Waals surface area contributed by atoms with Crippen molar-refractivity contribution in [3.63, 3.8) is 0 Å². The monoisotopic (exact) mass is 385 g/mol. The minimum Gasteiger partial charge on any atom is -0.481 e. The molecule has 0 spiro atoms. The van der Waals surface area contributed by atoms with E-state index in [9.17, 15) is 14.4 Å². The normalized spacial score (nSPS) is 11.0. The lowest BCUT2D eigenvalue weighted by Crippen LogP contribution is -2.24. The average molecular weight is 385 g/mol. The first-order valence-corrected chi connectivity index (χ1v) is 9.23. The van der Waals surface area contributed by atoms with E-state index >= 15 is 0 Å². The second kappa shape index (κ2) is 7.32. The predicted molar refractivity (Wildman–Crippen MR) is 104 cm³/mol. The Balaban J connectivity index is 2.26. The van der Waals surface area contributed by atoms with E-state index in [-0.39, 0.29) is 18.5 Å². The van der Waals surface area contributed by atoms with Crippen LogP contribution in [0.5, 0.6) is 0 Å². The summed E-state index contributed by atoms with van der Waals surface area (Å²) in [4.78, 5) is 41.1. The van der Waals surface area contributed by atoms with Gasteiger partial charge in [-0.3, -0.25) is 19.0 Å². The van der Waals surface area contributed by atoms with Crippen LogP contribution < -0.4 is 11.3 Å². The lowest BCUT2D eigenvalue weighted by atomic mass is 10.1. The first kappa shape index (κ1) is 18.8. The molecule has 2 aromatic heterocycles. The molecule has 1 aromatic carbocycles. The van der Waals surface area contributed by atoms with Gasteiger partial charge in [0.25, 0.3) is 11.5 Å². The Morgan fingerprint density at radius 1 is 1.30 bits per heavy atom. The van der Waals surface area contributed by atoms with Crippen molar-refractivity contribution in [2.45, 2.75) is 33.2 Å². The number of hydrogen-bond acceptors (Lipinski definition) is 5. The number of carboxylic acid groups (broad SMARTS) is 1. The zero-order valence-corrected chi connectivity index (χ0v) is 15.8. The largest absolute Gasteiger partial charge is 0.481 e. The standard InChI is InChI=1S/C19H19N3O4S/c1-10-5-3-6-12(9-10)17-21-18-14(11(2)15(27-18)16(20)25)19(26)22(17)8-4-7-13(23)24/h3,5-6,9H,4,7-8H2,1-2H3,(H2,20,25)(H,23,24). The van der Waals surface area contributed by atoms with Gasteiger partial charge in [-0.1, -0.05) is 23.8 Å². The number of nitrogens with zero attached hydrogens (tertiary/aromatic N) is 2. The van der Waals surface area contributed by atoms with Crippen molar-refractivity contribution in [2.75, 3.05) is 0 Å². The SMILES string of the molecule is Cc1cccc(-c2nc3sc(C(N)=O)c(C)c3c(=O)n2CCCC(=O)O)c1. The fraction of sp³-hybridized carbons (Fsp3) is 0.263. The van der Waals surface area contributed by atoms with Crippen molar-refractivity contribution in [1.29, 1.82) is 0 Å². The van der Waals surface area contributed by atoms with Crippen molar-refractivity contribution in [3.8, 4) is 11.4 Å². The first-order chi connectivity index (χ1) is 12.8. The van der Waals surface area contributed by atoms with Crippen molar-refractivity contribution in [3.05, 3.63) is 50.6 Å². The number of aromatic nitrogens is 2. The Morgan fingerprint density at radius 3 is 2.67 bits per heavy atom. The number of hydrogen-bond donors (Lipinski definition) is 2. The number of carboxylic acids is 1. The number of carbonyl (C=O) groups excluding carboxylic acids is 1. The molecule has 0 fully saturated rings. The number of carbonyl (C=O) groups is 2. The third kappa shape index (κ3) is 3.61. The third-order valence-electron chi connectivity index (χ3n) is 4.32. The smallest absolute Gasteiger partial charge is 0.303 e. The third-order valence-corrected chi connectivity index (χ3v) is 5.52. The maximum atomic E-state index is 13.2. The minimum atomic E-state index is -0.920. The molecule has 0 unspecified atom stereocenters. The average Bonchev–Trinajstić information content (AvgIpc) is 2.93. The van der Waals surface area contributed by atoms with Crippen molar-refractivity contribution < 1.29 is 14.7 Å². The minimum absolute atomic E-state index is 0.0487. The Labute approximate surface area is 159 Å². The second-order valence-electron chi connectivity index (χ2n) is 6.36. The van der Waals surface area contributed by atoms with Crippen molar-refractivity contribution in [2.24, 2.45) is 5.73 Å². The van der Waals surface area contributed by atoms with Crippen LogP contribution in [0.15, 0.2) is 29.1 Å². The summed E-state index contributed by atoms with van der Waals surface area (Å²) in [5.41, 5.74) is 7.42. The highest BCUT2D eigenvalue weighted by atomic mass is 32.1. The highest BCUT2D eigenvalue weighted by Crippen LogP contribution is 2.29. The summed E-state index contributed by atoms with van der Waals surface area (Å²) in [6.07, 6.45) is 0.250. The lowest BCUT2D eigenvalue weighted by Gasteiger charge is -2.13. The quantitative estimate of drug-likeness (QED) is 0.677. The number of fused-ring (bicyclic) bond motifs is 1. The van der Waals surface area contributed by atoms with Crippen LogP contribution in [0.2, 0.25) is 0 Å². The summed E-state index contributed by atoms with van der Waals surface area (Å²) in [7, 11) is 0. The predicted octanol–water partition coefficient (Wildman–Crippen LogP) is 2.71. The molecule has 0 aliphatic rings. The molecule has 0 saturated carbocycles. The fourth-order valence-corrected chi connectivity index (χ4v) is 4.08. The topological polar surface area (TPSA) is 115 Å². The van der Waals surface area contributed by atoms with Crippen LogP contribution in [0.25, 0.3) is 21.6 Å². The number of benzene rings is 1. The highest BCUT2D eigenvalue weighted by molar-refractivity contribution is 7.20. The number of primary amides is 1. The Bertz CT molecular complexity index is 1110. The van der Waals surface area contributed by atoms with Crippen molar-refractivity contribution >= 4 is 33.4 Å². The molecule has 0 atom stereocenters. The Morgan fingerprint density at radius 2 is 2.04 bits per heavy atom. The summed E-state index contributed by atoms with van der Waals surface area (Å²) < 4.78 is 1.49. The van der Waals surface area contributed by atoms with Crippen LogP contribution in [-0.4, -0.2) is 26.5 Å². The van der Waals surface area contributed by atoms with E-state index in [0.717, 1.165) is 22.5 Å². The van der Waals surface area contributed by atoms with Gasteiger partial charge in [-0.2, -0.15) is 0 Å². The van der Waals surface area contributed by atoms with Gasteiger partial charge in [0, 0.05) is 18.5 Å². The van der Waals surface area contributed by atoms with Gasteiger partial charge in [0.1, 0.15) is 10.7 Å².